The third kappa shape index (κ3) is 3.47. The summed E-state index contributed by atoms with van der Waals surface area (Å²) >= 11 is 5.15. The number of H-pyrrole nitrogens is 1. The molecule has 0 amide bonds. The zero-order valence-electron chi connectivity index (χ0n) is 10.6. The van der Waals surface area contributed by atoms with Gasteiger partial charge in [0.2, 0.25) is 0 Å². The normalized spacial score (nSPS) is 10.9. The number of nitrogens with zero attached hydrogens (tertiary/aromatic N) is 2. The Hall–Kier alpha value is -1.56. The van der Waals surface area contributed by atoms with Crippen LogP contribution in [0.4, 0.5) is 8.78 Å². The molecule has 0 aliphatic carbocycles. The van der Waals surface area contributed by atoms with Gasteiger partial charge in [-0.3, -0.25) is 5.10 Å². The third-order valence-corrected chi connectivity index (χ3v) is 3.17. The SMILES string of the molecule is CCCc1n[nH]c(=S)n1CCc1cc(F)cc(F)c1. The Morgan fingerprint density at radius 1 is 1.21 bits per heavy atom. The van der Waals surface area contributed by atoms with Crippen molar-refractivity contribution < 1.29 is 8.78 Å². The molecule has 0 aliphatic heterocycles. The number of halogens is 2. The summed E-state index contributed by atoms with van der Waals surface area (Å²) in [5.41, 5.74) is 0.614. The molecule has 0 spiro atoms. The van der Waals surface area contributed by atoms with Crippen LogP contribution >= 0.6 is 12.2 Å². The number of aromatic amines is 1. The van der Waals surface area contributed by atoms with Gasteiger partial charge >= 0.3 is 0 Å². The first-order valence-electron chi connectivity index (χ1n) is 6.19. The third-order valence-electron chi connectivity index (χ3n) is 2.86. The second kappa shape index (κ2) is 6.06. The average Bonchev–Trinajstić information content (AvgIpc) is 2.67. The van der Waals surface area contributed by atoms with Gasteiger partial charge in [-0.15, -0.1) is 0 Å². The lowest BCUT2D eigenvalue weighted by Crippen LogP contribution is -2.07. The highest BCUT2D eigenvalue weighted by Crippen LogP contribution is 2.10. The Morgan fingerprint density at radius 2 is 1.89 bits per heavy atom. The molecule has 0 bridgehead atoms. The van der Waals surface area contributed by atoms with Crippen LogP contribution in [0.2, 0.25) is 0 Å². The number of benzene rings is 1. The molecule has 6 heteroatoms. The summed E-state index contributed by atoms with van der Waals surface area (Å²) in [6.45, 7) is 2.62. The van der Waals surface area contributed by atoms with Crippen molar-refractivity contribution in [2.24, 2.45) is 0 Å². The van der Waals surface area contributed by atoms with Crippen LogP contribution in [0.1, 0.15) is 24.7 Å². The zero-order chi connectivity index (χ0) is 13.8. The van der Waals surface area contributed by atoms with Crippen LogP contribution in [0.15, 0.2) is 18.2 Å². The first kappa shape index (κ1) is 13.9. The Bertz CT molecular complexity index is 598. The molecule has 3 nitrogen and oxygen atoms in total. The van der Waals surface area contributed by atoms with E-state index in [-0.39, 0.29) is 0 Å². The van der Waals surface area contributed by atoms with E-state index in [0.29, 0.717) is 23.3 Å². The molecule has 1 aromatic carbocycles. The first-order chi connectivity index (χ1) is 9.10. The molecule has 0 atom stereocenters. The van der Waals surface area contributed by atoms with Crippen molar-refractivity contribution in [2.75, 3.05) is 0 Å². The predicted molar refractivity (Wildman–Crippen MR) is 71.5 cm³/mol. The van der Waals surface area contributed by atoms with Crippen molar-refractivity contribution in [3.8, 4) is 0 Å². The number of aromatic nitrogens is 3. The molecule has 102 valence electrons. The molecule has 0 saturated carbocycles. The fourth-order valence-electron chi connectivity index (χ4n) is 1.99. The minimum absolute atomic E-state index is 0.513. The van der Waals surface area contributed by atoms with Crippen molar-refractivity contribution in [1.29, 1.82) is 0 Å². The molecule has 0 aliphatic rings. The van der Waals surface area contributed by atoms with E-state index in [4.69, 9.17) is 12.2 Å². The number of hydrogen-bond acceptors (Lipinski definition) is 2. The topological polar surface area (TPSA) is 33.6 Å². The second-order valence-corrected chi connectivity index (χ2v) is 4.76. The summed E-state index contributed by atoms with van der Waals surface area (Å²) in [7, 11) is 0. The molecule has 1 heterocycles. The van der Waals surface area contributed by atoms with Gasteiger partial charge in [0.25, 0.3) is 0 Å². The lowest BCUT2D eigenvalue weighted by atomic mass is 10.1. The van der Waals surface area contributed by atoms with Crippen LogP contribution in [0, 0.1) is 16.4 Å². The molecule has 0 saturated heterocycles. The fourth-order valence-corrected chi connectivity index (χ4v) is 2.23. The molecule has 1 N–H and O–H groups in total. The lowest BCUT2D eigenvalue weighted by molar-refractivity contribution is 0.574. The van der Waals surface area contributed by atoms with Gasteiger partial charge in [-0.25, -0.2) is 8.78 Å². The molecule has 19 heavy (non-hydrogen) atoms. The van der Waals surface area contributed by atoms with E-state index in [1.54, 1.807) is 0 Å². The van der Waals surface area contributed by atoms with Crippen LogP contribution in [0.25, 0.3) is 0 Å². The predicted octanol–water partition coefficient (Wildman–Crippen LogP) is 3.41. The van der Waals surface area contributed by atoms with Gasteiger partial charge in [-0.05, 0) is 42.8 Å². The van der Waals surface area contributed by atoms with Gasteiger partial charge in [-0.2, -0.15) is 5.10 Å². The van der Waals surface area contributed by atoms with Gasteiger partial charge in [-0.1, -0.05) is 6.92 Å². The van der Waals surface area contributed by atoms with E-state index in [2.05, 4.69) is 17.1 Å². The first-order valence-corrected chi connectivity index (χ1v) is 6.60. The minimum Gasteiger partial charge on any atom is -0.304 e. The van der Waals surface area contributed by atoms with Crippen LogP contribution in [-0.2, 0) is 19.4 Å². The van der Waals surface area contributed by atoms with Crippen molar-refractivity contribution in [2.45, 2.75) is 32.7 Å². The Labute approximate surface area is 115 Å². The monoisotopic (exact) mass is 283 g/mol. The molecule has 0 fully saturated rings. The van der Waals surface area contributed by atoms with E-state index >= 15 is 0 Å². The lowest BCUT2D eigenvalue weighted by Gasteiger charge is -2.06. The van der Waals surface area contributed by atoms with Crippen LogP contribution in [-0.4, -0.2) is 14.8 Å². The number of nitrogens with one attached hydrogen (secondary N) is 1. The summed E-state index contributed by atoms with van der Waals surface area (Å²) in [5.74, 6) is -0.233. The molecule has 1 aromatic heterocycles. The van der Waals surface area contributed by atoms with Gasteiger partial charge in [0.05, 0.1) is 0 Å². The largest absolute Gasteiger partial charge is 0.304 e. The highest BCUT2D eigenvalue weighted by Gasteiger charge is 2.06. The Balaban J connectivity index is 2.14. The summed E-state index contributed by atoms with van der Waals surface area (Å²) in [6, 6.07) is 3.55. The zero-order valence-corrected chi connectivity index (χ0v) is 11.4. The quantitative estimate of drug-likeness (QED) is 0.853. The smallest absolute Gasteiger partial charge is 0.195 e. The number of rotatable bonds is 5. The summed E-state index contributed by atoms with van der Waals surface area (Å²) in [6.07, 6.45) is 2.30. The van der Waals surface area contributed by atoms with Crippen LogP contribution < -0.4 is 0 Å². The highest BCUT2D eigenvalue weighted by molar-refractivity contribution is 7.71. The number of hydrogen-bond donors (Lipinski definition) is 1. The summed E-state index contributed by atoms with van der Waals surface area (Å²) in [4.78, 5) is 0. The number of aryl methyl sites for hydroxylation is 2. The standard InChI is InChI=1S/C13H15F2N3S/c1-2-3-12-16-17-13(19)18(12)5-4-9-6-10(14)8-11(15)7-9/h6-8H,2-5H2,1H3,(H,17,19). The van der Waals surface area contributed by atoms with Crippen molar-refractivity contribution in [3.05, 3.63) is 46.0 Å². The van der Waals surface area contributed by atoms with Gasteiger partial charge in [0.1, 0.15) is 17.5 Å². The molecule has 2 aromatic rings. The van der Waals surface area contributed by atoms with Gasteiger partial charge < -0.3 is 4.57 Å². The van der Waals surface area contributed by atoms with E-state index in [1.165, 1.54) is 12.1 Å². The second-order valence-electron chi connectivity index (χ2n) is 4.37. The van der Waals surface area contributed by atoms with Crippen molar-refractivity contribution in [3.63, 3.8) is 0 Å². The minimum atomic E-state index is -0.556. The maximum atomic E-state index is 13.1. The Kier molecular flexibility index (Phi) is 4.42. The Morgan fingerprint density at radius 3 is 2.53 bits per heavy atom. The highest BCUT2D eigenvalue weighted by atomic mass is 32.1. The fraction of sp³-hybridized carbons (Fsp3) is 0.385. The molecule has 0 unspecified atom stereocenters. The molecule has 2 rings (SSSR count). The average molecular weight is 283 g/mol. The molecular weight excluding hydrogens is 268 g/mol. The van der Waals surface area contributed by atoms with Gasteiger partial charge in [0.15, 0.2) is 4.77 Å². The van der Waals surface area contributed by atoms with E-state index in [0.717, 1.165) is 24.7 Å². The van der Waals surface area contributed by atoms with E-state index in [9.17, 15) is 8.78 Å². The van der Waals surface area contributed by atoms with E-state index < -0.39 is 11.6 Å². The molecule has 0 radical (unpaired) electrons. The van der Waals surface area contributed by atoms with Crippen molar-refractivity contribution >= 4 is 12.2 Å². The maximum absolute atomic E-state index is 13.1. The summed E-state index contributed by atoms with van der Waals surface area (Å²) in [5, 5.41) is 6.90. The van der Waals surface area contributed by atoms with Gasteiger partial charge in [0, 0.05) is 19.0 Å². The van der Waals surface area contributed by atoms with E-state index in [1.807, 2.05) is 4.57 Å². The maximum Gasteiger partial charge on any atom is 0.195 e. The van der Waals surface area contributed by atoms with Crippen molar-refractivity contribution in [1.82, 2.24) is 14.8 Å². The summed E-state index contributed by atoms with van der Waals surface area (Å²) < 4.78 is 28.6. The molecular formula is C13H15F2N3S. The van der Waals surface area contributed by atoms with Crippen LogP contribution in [0.5, 0.6) is 0 Å². The van der Waals surface area contributed by atoms with Crippen LogP contribution in [0.3, 0.4) is 0 Å².